The molecule has 0 spiro atoms. The predicted molar refractivity (Wildman–Crippen MR) is 82.0 cm³/mol. The van der Waals surface area contributed by atoms with E-state index in [1.54, 1.807) is 13.3 Å². The van der Waals surface area contributed by atoms with Gasteiger partial charge in [-0.15, -0.1) is 0 Å². The van der Waals surface area contributed by atoms with Gasteiger partial charge in [-0.25, -0.2) is 15.0 Å². The van der Waals surface area contributed by atoms with Crippen molar-refractivity contribution >= 4 is 17.0 Å². The molecule has 0 saturated carbocycles. The lowest BCUT2D eigenvalue weighted by molar-refractivity contribution is 0.0840. The van der Waals surface area contributed by atoms with Gasteiger partial charge in [-0.2, -0.15) is 0 Å². The van der Waals surface area contributed by atoms with Gasteiger partial charge in [-0.3, -0.25) is 0 Å². The molecule has 2 aromatic rings. The summed E-state index contributed by atoms with van der Waals surface area (Å²) < 4.78 is 1.82. The van der Waals surface area contributed by atoms with Crippen LogP contribution in [0.1, 0.15) is 38.6 Å². The second-order valence-corrected chi connectivity index (χ2v) is 5.51. The molecule has 0 fully saturated rings. The Labute approximate surface area is 128 Å². The van der Waals surface area contributed by atoms with Gasteiger partial charge in [0.2, 0.25) is 0 Å². The third kappa shape index (κ3) is 3.70. The van der Waals surface area contributed by atoms with Crippen LogP contribution in [0, 0.1) is 0 Å². The molecule has 122 valence electrons. The Morgan fingerprint density at radius 2 is 1.91 bits per heavy atom. The summed E-state index contributed by atoms with van der Waals surface area (Å²) >= 11 is 0. The number of nitrogens with two attached hydrogens (primary N) is 1. The fraction of sp³-hybridized carbons (Fsp3) is 0.643. The van der Waals surface area contributed by atoms with Crippen LogP contribution in [0.15, 0.2) is 12.7 Å². The first kappa shape index (κ1) is 16.6. The number of hydrogen-bond acceptors (Lipinski definition) is 7. The van der Waals surface area contributed by atoms with Gasteiger partial charge in [0.15, 0.2) is 11.5 Å². The lowest BCUT2D eigenvalue weighted by Gasteiger charge is -2.22. The summed E-state index contributed by atoms with van der Waals surface area (Å²) in [7, 11) is 0. The number of aliphatic hydroxyl groups excluding tert-OH is 3. The lowest BCUT2D eigenvalue weighted by Crippen LogP contribution is -2.21. The van der Waals surface area contributed by atoms with E-state index in [0.717, 1.165) is 12.8 Å². The van der Waals surface area contributed by atoms with Gasteiger partial charge in [-0.05, 0) is 19.8 Å². The molecule has 22 heavy (non-hydrogen) atoms. The number of aliphatic hydroxyl groups is 3. The number of nitrogens with zero attached hydrogens (tertiary/aromatic N) is 4. The molecule has 0 bridgehead atoms. The molecule has 0 saturated heterocycles. The number of nitrogen functional groups attached to an aromatic ring is 1. The van der Waals surface area contributed by atoms with Gasteiger partial charge < -0.3 is 25.6 Å². The van der Waals surface area contributed by atoms with Crippen LogP contribution in [0.3, 0.4) is 0 Å². The van der Waals surface area contributed by atoms with Crippen LogP contribution < -0.4 is 5.73 Å². The largest absolute Gasteiger partial charge is 0.394 e. The van der Waals surface area contributed by atoms with E-state index in [2.05, 4.69) is 15.0 Å². The summed E-state index contributed by atoms with van der Waals surface area (Å²) in [4.78, 5) is 12.3. The van der Waals surface area contributed by atoms with E-state index in [1.165, 1.54) is 6.33 Å². The van der Waals surface area contributed by atoms with Crippen LogP contribution in [-0.2, 0) is 0 Å². The van der Waals surface area contributed by atoms with Gasteiger partial charge in [0.25, 0.3) is 0 Å². The van der Waals surface area contributed by atoms with E-state index < -0.39 is 12.2 Å². The van der Waals surface area contributed by atoms with E-state index >= 15 is 0 Å². The van der Waals surface area contributed by atoms with E-state index in [0.29, 0.717) is 29.8 Å². The van der Waals surface area contributed by atoms with Crippen molar-refractivity contribution in [3.8, 4) is 0 Å². The number of imidazole rings is 1. The van der Waals surface area contributed by atoms with Crippen LogP contribution in [0.2, 0.25) is 0 Å². The number of hydrogen-bond donors (Lipinski definition) is 4. The number of rotatable bonds is 8. The summed E-state index contributed by atoms with van der Waals surface area (Å²) in [6.45, 7) is 1.51. The average molecular weight is 309 g/mol. The van der Waals surface area contributed by atoms with Crippen molar-refractivity contribution in [2.75, 3.05) is 12.3 Å². The summed E-state index contributed by atoms with van der Waals surface area (Å²) in [5.74, 6) is 0.319. The predicted octanol–water partition coefficient (Wildman–Crippen LogP) is 0.244. The third-order valence-corrected chi connectivity index (χ3v) is 3.80. The van der Waals surface area contributed by atoms with Gasteiger partial charge in [0, 0.05) is 0 Å². The molecule has 0 aliphatic rings. The van der Waals surface area contributed by atoms with E-state index in [4.69, 9.17) is 10.8 Å². The fourth-order valence-electron chi connectivity index (χ4n) is 2.55. The molecule has 2 aromatic heterocycles. The smallest absolute Gasteiger partial charge is 0.165 e. The zero-order valence-corrected chi connectivity index (χ0v) is 12.6. The van der Waals surface area contributed by atoms with Gasteiger partial charge in [0.1, 0.15) is 11.8 Å². The molecular weight excluding hydrogens is 286 g/mol. The molecule has 8 heteroatoms. The Hall–Kier alpha value is -1.77. The van der Waals surface area contributed by atoms with Crippen molar-refractivity contribution in [1.82, 2.24) is 19.5 Å². The minimum Gasteiger partial charge on any atom is -0.394 e. The average Bonchev–Trinajstić information content (AvgIpc) is 2.91. The Morgan fingerprint density at radius 3 is 2.59 bits per heavy atom. The Balaban J connectivity index is 2.08. The topological polar surface area (TPSA) is 130 Å². The summed E-state index contributed by atoms with van der Waals surface area (Å²) in [5.41, 5.74) is 6.91. The van der Waals surface area contributed by atoms with Gasteiger partial charge in [0.05, 0.1) is 31.2 Å². The third-order valence-electron chi connectivity index (χ3n) is 3.80. The SMILES string of the molecule is C[C@H](O)[C@@H](CCCCC(O)CO)n1cnc2c(N)ncnc21. The quantitative estimate of drug-likeness (QED) is 0.514. The number of anilines is 1. The molecule has 0 radical (unpaired) electrons. The van der Waals surface area contributed by atoms with Gasteiger partial charge in [-0.1, -0.05) is 12.8 Å². The zero-order chi connectivity index (χ0) is 16.1. The number of aromatic nitrogens is 4. The van der Waals surface area contributed by atoms with Gasteiger partial charge >= 0.3 is 0 Å². The highest BCUT2D eigenvalue weighted by Crippen LogP contribution is 2.25. The van der Waals surface area contributed by atoms with Crippen molar-refractivity contribution in [2.24, 2.45) is 0 Å². The van der Waals surface area contributed by atoms with E-state index in [1.807, 2.05) is 4.57 Å². The Morgan fingerprint density at radius 1 is 1.18 bits per heavy atom. The molecule has 2 heterocycles. The molecule has 0 amide bonds. The van der Waals surface area contributed by atoms with Crippen LogP contribution >= 0.6 is 0 Å². The van der Waals surface area contributed by atoms with Crippen molar-refractivity contribution < 1.29 is 15.3 Å². The van der Waals surface area contributed by atoms with Crippen LogP contribution in [-0.4, -0.2) is 53.7 Å². The Bertz CT molecular complexity index is 601. The Kier molecular flexibility index (Phi) is 5.64. The first-order valence-electron chi connectivity index (χ1n) is 7.44. The highest BCUT2D eigenvalue weighted by Gasteiger charge is 2.20. The van der Waals surface area contributed by atoms with Crippen molar-refractivity contribution in [3.63, 3.8) is 0 Å². The first-order chi connectivity index (χ1) is 10.5. The number of fused-ring (bicyclic) bond motifs is 1. The van der Waals surface area contributed by atoms with E-state index in [9.17, 15) is 10.2 Å². The zero-order valence-electron chi connectivity index (χ0n) is 12.6. The van der Waals surface area contributed by atoms with Crippen LogP contribution in [0.4, 0.5) is 5.82 Å². The standard InChI is InChI=1S/C14H23N5O3/c1-9(21)11(5-3-2-4-10(22)6-20)19-8-18-12-13(15)16-7-17-14(12)19/h7-11,20-22H,2-6H2,1H3,(H2,15,16,17)/t9-,10?,11+/m0/s1. The normalized spacial score (nSPS) is 15.8. The molecule has 0 aliphatic heterocycles. The van der Waals surface area contributed by atoms with Crippen molar-refractivity contribution in [3.05, 3.63) is 12.7 Å². The maximum Gasteiger partial charge on any atom is 0.165 e. The van der Waals surface area contributed by atoms with Crippen LogP contribution in [0.5, 0.6) is 0 Å². The second kappa shape index (κ2) is 7.48. The van der Waals surface area contributed by atoms with E-state index in [-0.39, 0.29) is 12.6 Å². The minimum atomic E-state index is -0.674. The van der Waals surface area contributed by atoms with Crippen LogP contribution in [0.25, 0.3) is 11.2 Å². The number of unbranched alkanes of at least 4 members (excludes halogenated alkanes) is 1. The lowest BCUT2D eigenvalue weighted by atomic mass is 10.0. The highest BCUT2D eigenvalue weighted by atomic mass is 16.3. The highest BCUT2D eigenvalue weighted by molar-refractivity contribution is 5.81. The molecule has 0 aromatic carbocycles. The molecule has 3 atom stereocenters. The molecule has 1 unspecified atom stereocenters. The summed E-state index contributed by atoms with van der Waals surface area (Å²) in [6, 6.07) is -0.175. The van der Waals surface area contributed by atoms with Crippen molar-refractivity contribution in [1.29, 1.82) is 0 Å². The fourth-order valence-corrected chi connectivity index (χ4v) is 2.55. The molecule has 0 aliphatic carbocycles. The molecule has 2 rings (SSSR count). The first-order valence-corrected chi connectivity index (χ1v) is 7.44. The van der Waals surface area contributed by atoms with Crippen molar-refractivity contribution in [2.45, 2.75) is 50.9 Å². The minimum absolute atomic E-state index is 0.175. The molecule has 8 nitrogen and oxygen atoms in total. The maximum atomic E-state index is 10.1. The summed E-state index contributed by atoms with van der Waals surface area (Å²) in [6.07, 6.45) is 4.60. The molecular formula is C14H23N5O3. The summed E-state index contributed by atoms with van der Waals surface area (Å²) in [5, 5.41) is 28.2. The second-order valence-electron chi connectivity index (χ2n) is 5.51. The monoisotopic (exact) mass is 309 g/mol. The molecule has 5 N–H and O–H groups in total. The maximum absolute atomic E-state index is 10.1.